The number of nitrogens with zero attached hydrogens (tertiary/aromatic N) is 4. The molecule has 3 aromatic heterocycles. The van der Waals surface area contributed by atoms with Crippen LogP contribution < -0.4 is 10.6 Å². The molecule has 0 spiro atoms. The van der Waals surface area contributed by atoms with Gasteiger partial charge in [-0.2, -0.15) is 0 Å². The fourth-order valence-corrected chi connectivity index (χ4v) is 3.27. The second-order valence-corrected chi connectivity index (χ2v) is 7.42. The van der Waals surface area contributed by atoms with Crippen molar-refractivity contribution in [1.29, 1.82) is 0 Å². The lowest BCUT2D eigenvalue weighted by Crippen LogP contribution is -2.38. The van der Waals surface area contributed by atoms with E-state index in [2.05, 4.69) is 25.6 Å². The quantitative estimate of drug-likeness (QED) is 0.653. The van der Waals surface area contributed by atoms with Crippen LogP contribution >= 0.6 is 0 Å². The van der Waals surface area contributed by atoms with E-state index in [-0.39, 0.29) is 11.7 Å². The zero-order valence-corrected chi connectivity index (χ0v) is 15.4. The lowest BCUT2D eigenvalue weighted by molar-refractivity contribution is 0.0734. The van der Waals surface area contributed by atoms with Crippen LogP contribution in [0.5, 0.6) is 0 Å². The molecule has 1 fully saturated rings. The zero-order chi connectivity index (χ0) is 19.0. The van der Waals surface area contributed by atoms with Crippen molar-refractivity contribution < 1.29 is 9.50 Å². The summed E-state index contributed by atoms with van der Waals surface area (Å²) >= 11 is 0. The van der Waals surface area contributed by atoms with Crippen molar-refractivity contribution in [3.8, 4) is 11.4 Å². The Bertz CT molecular complexity index is 958. The number of hydrogen-bond acceptors (Lipinski definition) is 6. The van der Waals surface area contributed by atoms with Crippen LogP contribution in [0.1, 0.15) is 32.4 Å². The van der Waals surface area contributed by atoms with Gasteiger partial charge in [0.15, 0.2) is 11.5 Å². The van der Waals surface area contributed by atoms with E-state index < -0.39 is 11.4 Å². The van der Waals surface area contributed by atoms with Gasteiger partial charge in [0.05, 0.1) is 23.8 Å². The van der Waals surface area contributed by atoms with Crippen LogP contribution in [0.4, 0.5) is 10.2 Å². The van der Waals surface area contributed by atoms with Crippen molar-refractivity contribution in [3.05, 3.63) is 42.2 Å². The van der Waals surface area contributed by atoms with Gasteiger partial charge < -0.3 is 15.7 Å². The number of nitrogens with one attached hydrogen (secondary N) is 2. The average Bonchev–Trinajstić information content (AvgIpc) is 3.06. The number of fused-ring (bicyclic) bond motifs is 1. The predicted molar refractivity (Wildman–Crippen MR) is 101 cm³/mol. The first kappa shape index (κ1) is 17.8. The maximum atomic E-state index is 14.6. The van der Waals surface area contributed by atoms with Crippen LogP contribution in [0.2, 0.25) is 0 Å². The highest BCUT2D eigenvalue weighted by molar-refractivity contribution is 5.62. The van der Waals surface area contributed by atoms with Gasteiger partial charge in [-0.05, 0) is 45.4 Å². The molecular formula is C19H23FN6O. The molecule has 1 atom stereocenters. The van der Waals surface area contributed by atoms with Gasteiger partial charge >= 0.3 is 0 Å². The minimum Gasteiger partial charge on any atom is -0.384 e. The molecular weight excluding hydrogens is 347 g/mol. The summed E-state index contributed by atoms with van der Waals surface area (Å²) in [6.45, 7) is 5.20. The molecule has 3 aromatic rings. The Hall–Kier alpha value is -2.58. The van der Waals surface area contributed by atoms with E-state index in [0.29, 0.717) is 22.9 Å². The Morgan fingerprint density at radius 3 is 2.89 bits per heavy atom. The molecule has 4 heterocycles. The first-order valence-electron chi connectivity index (χ1n) is 9.12. The third kappa shape index (κ3) is 3.63. The first-order chi connectivity index (χ1) is 12.9. The standard InChI is InChI=1S/C19H23FN6O/c1-19(2,27)15-11-26-14(9-23-17(26)10-22-15)18-13(20)5-6-16(25-18)24-12-4-3-7-21-8-12/h5-6,9-12,21,27H,3-4,7-8H2,1-2H3,(H,24,25). The van der Waals surface area contributed by atoms with Crippen molar-refractivity contribution in [3.63, 3.8) is 0 Å². The molecule has 3 N–H and O–H groups in total. The number of imidazole rings is 1. The molecule has 1 aliphatic heterocycles. The van der Waals surface area contributed by atoms with Crippen molar-refractivity contribution in [1.82, 2.24) is 24.7 Å². The van der Waals surface area contributed by atoms with Crippen LogP contribution in [0.3, 0.4) is 0 Å². The van der Waals surface area contributed by atoms with E-state index in [4.69, 9.17) is 0 Å². The van der Waals surface area contributed by atoms with Crippen molar-refractivity contribution in [2.24, 2.45) is 0 Å². The smallest absolute Gasteiger partial charge is 0.155 e. The maximum absolute atomic E-state index is 14.6. The number of halogens is 1. The summed E-state index contributed by atoms with van der Waals surface area (Å²) in [4.78, 5) is 13.0. The van der Waals surface area contributed by atoms with E-state index in [1.165, 1.54) is 6.07 Å². The van der Waals surface area contributed by atoms with Crippen LogP contribution in [0.15, 0.2) is 30.7 Å². The Morgan fingerprint density at radius 1 is 1.30 bits per heavy atom. The van der Waals surface area contributed by atoms with Crippen LogP contribution in [-0.4, -0.2) is 43.6 Å². The lowest BCUT2D eigenvalue weighted by atomic mass is 10.1. The normalized spacial score (nSPS) is 18.0. The Balaban J connectivity index is 1.73. The molecule has 0 aliphatic carbocycles. The fourth-order valence-electron chi connectivity index (χ4n) is 3.27. The second-order valence-electron chi connectivity index (χ2n) is 7.42. The van der Waals surface area contributed by atoms with E-state index in [1.54, 1.807) is 42.9 Å². The van der Waals surface area contributed by atoms with Crippen LogP contribution in [0.25, 0.3) is 17.0 Å². The topological polar surface area (TPSA) is 87.4 Å². The number of piperidine rings is 1. The number of aromatic nitrogens is 4. The van der Waals surface area contributed by atoms with E-state index in [9.17, 15) is 9.50 Å². The molecule has 0 radical (unpaired) electrons. The summed E-state index contributed by atoms with van der Waals surface area (Å²) in [5.41, 5.74) is 0.648. The van der Waals surface area contributed by atoms with Gasteiger partial charge in [0.1, 0.15) is 17.1 Å². The Kier molecular flexibility index (Phi) is 4.53. The van der Waals surface area contributed by atoms with Crippen LogP contribution in [0, 0.1) is 5.82 Å². The molecule has 7 nitrogen and oxygen atoms in total. The molecule has 4 rings (SSSR count). The first-order valence-corrected chi connectivity index (χ1v) is 9.12. The van der Waals surface area contributed by atoms with Gasteiger partial charge in [0, 0.05) is 18.8 Å². The third-order valence-electron chi connectivity index (χ3n) is 4.76. The summed E-state index contributed by atoms with van der Waals surface area (Å²) in [5, 5.41) is 16.9. The minimum atomic E-state index is -1.11. The molecule has 1 unspecified atom stereocenters. The number of anilines is 1. The van der Waals surface area contributed by atoms with E-state index in [0.717, 1.165) is 25.9 Å². The SMILES string of the molecule is CC(C)(O)c1cn2c(-c3nc(NC4CCCNC4)ccc3F)cnc2cn1. The molecule has 0 bridgehead atoms. The van der Waals surface area contributed by atoms with E-state index >= 15 is 0 Å². The Labute approximate surface area is 156 Å². The third-order valence-corrected chi connectivity index (χ3v) is 4.76. The monoisotopic (exact) mass is 370 g/mol. The fraction of sp³-hybridized carbons (Fsp3) is 0.421. The molecule has 1 aliphatic rings. The van der Waals surface area contributed by atoms with Crippen LogP contribution in [-0.2, 0) is 5.60 Å². The minimum absolute atomic E-state index is 0.212. The summed E-state index contributed by atoms with van der Waals surface area (Å²) in [6.07, 6.45) is 6.96. The van der Waals surface area contributed by atoms with Gasteiger partial charge in [0.25, 0.3) is 0 Å². The molecule has 0 amide bonds. The Morgan fingerprint density at radius 2 is 2.15 bits per heavy atom. The second kappa shape index (κ2) is 6.86. The zero-order valence-electron chi connectivity index (χ0n) is 15.4. The highest BCUT2D eigenvalue weighted by Gasteiger charge is 2.21. The molecule has 27 heavy (non-hydrogen) atoms. The lowest BCUT2D eigenvalue weighted by Gasteiger charge is -2.24. The summed E-state index contributed by atoms with van der Waals surface area (Å²) in [5.74, 6) is 0.206. The van der Waals surface area contributed by atoms with Gasteiger partial charge in [0.2, 0.25) is 0 Å². The molecule has 0 saturated carbocycles. The largest absolute Gasteiger partial charge is 0.384 e. The van der Waals surface area contributed by atoms with Gasteiger partial charge in [-0.15, -0.1) is 0 Å². The number of pyridine rings is 1. The number of hydrogen-bond donors (Lipinski definition) is 3. The summed E-state index contributed by atoms with van der Waals surface area (Å²) < 4.78 is 16.3. The highest BCUT2D eigenvalue weighted by Crippen LogP contribution is 2.26. The average molecular weight is 370 g/mol. The van der Waals surface area contributed by atoms with Gasteiger partial charge in [-0.25, -0.2) is 14.4 Å². The summed E-state index contributed by atoms with van der Waals surface area (Å²) in [6, 6.07) is 3.34. The van der Waals surface area contributed by atoms with E-state index in [1.807, 2.05) is 0 Å². The molecule has 142 valence electrons. The summed E-state index contributed by atoms with van der Waals surface area (Å²) in [7, 11) is 0. The highest BCUT2D eigenvalue weighted by atomic mass is 19.1. The van der Waals surface area contributed by atoms with Crippen molar-refractivity contribution >= 4 is 11.5 Å². The maximum Gasteiger partial charge on any atom is 0.155 e. The molecule has 0 aromatic carbocycles. The molecule has 8 heteroatoms. The van der Waals surface area contributed by atoms with Crippen molar-refractivity contribution in [2.75, 3.05) is 18.4 Å². The van der Waals surface area contributed by atoms with Gasteiger partial charge in [-0.3, -0.25) is 9.38 Å². The number of aliphatic hydroxyl groups is 1. The van der Waals surface area contributed by atoms with Gasteiger partial charge in [-0.1, -0.05) is 0 Å². The predicted octanol–water partition coefficient (Wildman–Crippen LogP) is 2.32. The number of rotatable bonds is 4. The van der Waals surface area contributed by atoms with Crippen molar-refractivity contribution in [2.45, 2.75) is 38.3 Å². The molecule has 1 saturated heterocycles.